The normalized spacial score (nSPS) is 17.8. The SMILES string of the molecule is Cc1cccc(N=c2scc(-c3ccc(F)cc3)n2CC2CCCO2)c1. The van der Waals surface area contributed by atoms with Gasteiger partial charge in [0.25, 0.3) is 0 Å². The van der Waals surface area contributed by atoms with Crippen LogP contribution in [-0.4, -0.2) is 17.3 Å². The molecule has 2 aromatic carbocycles. The van der Waals surface area contributed by atoms with Gasteiger partial charge in [-0.1, -0.05) is 12.1 Å². The highest BCUT2D eigenvalue weighted by Gasteiger charge is 2.19. The monoisotopic (exact) mass is 368 g/mol. The minimum Gasteiger partial charge on any atom is -0.376 e. The molecule has 0 radical (unpaired) electrons. The number of nitrogens with zero attached hydrogens (tertiary/aromatic N) is 2. The number of halogens is 1. The number of aryl methyl sites for hydroxylation is 1. The topological polar surface area (TPSA) is 26.5 Å². The zero-order valence-corrected chi connectivity index (χ0v) is 15.5. The van der Waals surface area contributed by atoms with Gasteiger partial charge >= 0.3 is 0 Å². The van der Waals surface area contributed by atoms with Crippen molar-refractivity contribution >= 4 is 17.0 Å². The molecule has 0 saturated carbocycles. The molecule has 26 heavy (non-hydrogen) atoms. The lowest BCUT2D eigenvalue weighted by atomic mass is 10.1. The number of benzene rings is 2. The van der Waals surface area contributed by atoms with Crippen molar-refractivity contribution in [2.45, 2.75) is 32.4 Å². The lowest BCUT2D eigenvalue weighted by Crippen LogP contribution is -2.24. The Balaban J connectivity index is 1.79. The average Bonchev–Trinajstić information content (AvgIpc) is 3.27. The van der Waals surface area contributed by atoms with Gasteiger partial charge in [0.15, 0.2) is 4.80 Å². The maximum atomic E-state index is 13.3. The highest BCUT2D eigenvalue weighted by molar-refractivity contribution is 7.07. The fourth-order valence-electron chi connectivity index (χ4n) is 3.25. The molecule has 0 bridgehead atoms. The van der Waals surface area contributed by atoms with Gasteiger partial charge in [-0.2, -0.15) is 0 Å². The van der Waals surface area contributed by atoms with E-state index in [2.05, 4.69) is 29.0 Å². The number of hydrogen-bond donors (Lipinski definition) is 0. The lowest BCUT2D eigenvalue weighted by Gasteiger charge is -2.14. The highest BCUT2D eigenvalue weighted by atomic mass is 32.1. The Bertz CT molecular complexity index is 953. The number of hydrogen-bond acceptors (Lipinski definition) is 3. The van der Waals surface area contributed by atoms with Crippen LogP contribution in [0.2, 0.25) is 0 Å². The Kier molecular flexibility index (Phi) is 5.00. The van der Waals surface area contributed by atoms with Crippen molar-refractivity contribution < 1.29 is 9.13 Å². The molecule has 0 amide bonds. The Labute approximate surface area is 156 Å². The van der Waals surface area contributed by atoms with Crippen molar-refractivity contribution in [1.82, 2.24) is 4.57 Å². The van der Waals surface area contributed by atoms with E-state index in [1.54, 1.807) is 11.3 Å². The van der Waals surface area contributed by atoms with Crippen molar-refractivity contribution in [2.75, 3.05) is 6.61 Å². The third-order valence-electron chi connectivity index (χ3n) is 4.57. The summed E-state index contributed by atoms with van der Waals surface area (Å²) in [6.07, 6.45) is 2.38. The Morgan fingerprint density at radius 3 is 2.81 bits per heavy atom. The van der Waals surface area contributed by atoms with Gasteiger partial charge in [0.1, 0.15) is 5.82 Å². The summed E-state index contributed by atoms with van der Waals surface area (Å²) in [5.74, 6) is -0.223. The smallest absolute Gasteiger partial charge is 0.190 e. The standard InChI is InChI=1S/C21H21FN2OS/c1-15-4-2-5-18(12-15)23-21-24(13-19-6-3-11-25-19)20(14-26-21)16-7-9-17(22)10-8-16/h2,4-5,7-10,12,14,19H,3,6,11,13H2,1H3. The molecule has 4 rings (SSSR count). The largest absolute Gasteiger partial charge is 0.376 e. The van der Waals surface area contributed by atoms with E-state index in [1.165, 1.54) is 17.7 Å². The molecular formula is C21H21FN2OS. The fraction of sp³-hybridized carbons (Fsp3) is 0.286. The molecule has 1 unspecified atom stereocenters. The molecule has 3 aromatic rings. The van der Waals surface area contributed by atoms with Crippen LogP contribution in [0.4, 0.5) is 10.1 Å². The van der Waals surface area contributed by atoms with Gasteiger partial charge in [0.05, 0.1) is 24.0 Å². The summed E-state index contributed by atoms with van der Waals surface area (Å²) in [6.45, 7) is 3.66. The van der Waals surface area contributed by atoms with Crippen LogP contribution >= 0.6 is 11.3 Å². The molecule has 1 aromatic heterocycles. The predicted octanol–water partition coefficient (Wildman–Crippen LogP) is 5.08. The molecule has 1 fully saturated rings. The fourth-order valence-corrected chi connectivity index (χ4v) is 4.18. The van der Waals surface area contributed by atoms with E-state index in [9.17, 15) is 4.39 Å². The maximum absolute atomic E-state index is 13.3. The minimum absolute atomic E-state index is 0.209. The molecule has 1 aliphatic rings. The molecule has 0 aliphatic carbocycles. The first-order valence-electron chi connectivity index (χ1n) is 8.86. The first-order valence-corrected chi connectivity index (χ1v) is 9.74. The van der Waals surface area contributed by atoms with E-state index >= 15 is 0 Å². The van der Waals surface area contributed by atoms with E-state index in [0.29, 0.717) is 0 Å². The molecule has 0 N–H and O–H groups in total. The van der Waals surface area contributed by atoms with E-state index in [4.69, 9.17) is 9.73 Å². The van der Waals surface area contributed by atoms with E-state index in [0.717, 1.165) is 47.7 Å². The second-order valence-electron chi connectivity index (χ2n) is 6.61. The van der Waals surface area contributed by atoms with Crippen molar-refractivity contribution in [2.24, 2.45) is 4.99 Å². The summed E-state index contributed by atoms with van der Waals surface area (Å²) in [5, 5.41) is 2.09. The second kappa shape index (κ2) is 7.56. The molecule has 5 heteroatoms. The van der Waals surface area contributed by atoms with Crippen LogP contribution in [0.15, 0.2) is 58.9 Å². The predicted molar refractivity (Wildman–Crippen MR) is 103 cm³/mol. The second-order valence-corrected chi connectivity index (χ2v) is 7.44. The number of thiazole rings is 1. The Morgan fingerprint density at radius 2 is 2.08 bits per heavy atom. The number of ether oxygens (including phenoxy) is 1. The number of aromatic nitrogens is 1. The van der Waals surface area contributed by atoms with Gasteiger partial charge in [-0.05, 0) is 67.3 Å². The third kappa shape index (κ3) is 3.79. The molecule has 3 nitrogen and oxygen atoms in total. The van der Waals surface area contributed by atoms with Crippen LogP contribution in [0.25, 0.3) is 11.3 Å². The zero-order chi connectivity index (χ0) is 17.9. The summed E-state index contributed by atoms with van der Waals surface area (Å²) in [6, 6.07) is 14.8. The molecular weight excluding hydrogens is 347 g/mol. The van der Waals surface area contributed by atoms with E-state index in [1.807, 2.05) is 24.3 Å². The first kappa shape index (κ1) is 17.2. The van der Waals surface area contributed by atoms with Crippen LogP contribution < -0.4 is 4.80 Å². The minimum atomic E-state index is -0.223. The zero-order valence-electron chi connectivity index (χ0n) is 14.7. The van der Waals surface area contributed by atoms with E-state index in [-0.39, 0.29) is 11.9 Å². The Morgan fingerprint density at radius 1 is 1.23 bits per heavy atom. The maximum Gasteiger partial charge on any atom is 0.190 e. The Hall–Kier alpha value is -2.24. The summed E-state index contributed by atoms with van der Waals surface area (Å²) >= 11 is 1.61. The van der Waals surface area contributed by atoms with Gasteiger partial charge in [-0.15, -0.1) is 11.3 Å². The number of rotatable bonds is 4. The molecule has 1 aliphatic heterocycles. The highest BCUT2D eigenvalue weighted by Crippen LogP contribution is 2.24. The van der Waals surface area contributed by atoms with Crippen LogP contribution in [-0.2, 0) is 11.3 Å². The average molecular weight is 368 g/mol. The van der Waals surface area contributed by atoms with Gasteiger partial charge in [-0.3, -0.25) is 0 Å². The quantitative estimate of drug-likeness (QED) is 0.631. The van der Waals surface area contributed by atoms with Crippen LogP contribution in [0, 0.1) is 12.7 Å². The van der Waals surface area contributed by atoms with Crippen molar-refractivity contribution in [3.8, 4) is 11.3 Å². The molecule has 0 spiro atoms. The van der Waals surface area contributed by atoms with Crippen molar-refractivity contribution in [3.05, 3.63) is 70.1 Å². The summed E-state index contributed by atoms with van der Waals surface area (Å²) in [4.78, 5) is 5.80. The van der Waals surface area contributed by atoms with Gasteiger partial charge in [0, 0.05) is 12.0 Å². The third-order valence-corrected chi connectivity index (χ3v) is 5.44. The molecule has 2 heterocycles. The van der Waals surface area contributed by atoms with Crippen molar-refractivity contribution in [3.63, 3.8) is 0 Å². The van der Waals surface area contributed by atoms with Crippen LogP contribution in [0.3, 0.4) is 0 Å². The summed E-state index contributed by atoms with van der Waals surface area (Å²) < 4.78 is 21.4. The van der Waals surface area contributed by atoms with Crippen molar-refractivity contribution in [1.29, 1.82) is 0 Å². The van der Waals surface area contributed by atoms with Crippen LogP contribution in [0.5, 0.6) is 0 Å². The van der Waals surface area contributed by atoms with E-state index < -0.39 is 0 Å². The molecule has 1 atom stereocenters. The molecule has 134 valence electrons. The summed E-state index contributed by atoms with van der Waals surface area (Å²) in [5.41, 5.74) is 4.18. The lowest BCUT2D eigenvalue weighted by molar-refractivity contribution is 0.0968. The molecule has 1 saturated heterocycles. The van der Waals surface area contributed by atoms with Gasteiger partial charge < -0.3 is 9.30 Å². The van der Waals surface area contributed by atoms with Gasteiger partial charge in [-0.25, -0.2) is 9.38 Å². The first-order chi connectivity index (χ1) is 12.7. The van der Waals surface area contributed by atoms with Gasteiger partial charge in [0.2, 0.25) is 0 Å². The summed E-state index contributed by atoms with van der Waals surface area (Å²) in [7, 11) is 0. The van der Waals surface area contributed by atoms with Crippen LogP contribution in [0.1, 0.15) is 18.4 Å².